The van der Waals surface area contributed by atoms with E-state index in [1.165, 1.54) is 4.90 Å². The average Bonchev–Trinajstić information content (AvgIpc) is 3.43. The van der Waals surface area contributed by atoms with Crippen molar-refractivity contribution in [2.24, 2.45) is 0 Å². The highest BCUT2D eigenvalue weighted by atomic mass is 19.1. The molecule has 0 N–H and O–H groups in total. The number of carbonyl (C=O) groups excluding carboxylic acids is 1. The predicted molar refractivity (Wildman–Crippen MR) is 159 cm³/mol. The van der Waals surface area contributed by atoms with Gasteiger partial charge in [-0.3, -0.25) is 4.79 Å². The molecule has 11 heteroatoms. The molecule has 3 atom stereocenters. The zero-order chi connectivity index (χ0) is 30.1. The summed E-state index contributed by atoms with van der Waals surface area (Å²) in [5.74, 6) is -1.07. The Morgan fingerprint density at radius 1 is 1.12 bits per heavy atom. The Balaban J connectivity index is 1.32. The summed E-state index contributed by atoms with van der Waals surface area (Å²) in [6.45, 7) is 6.86. The molecule has 2 fully saturated rings. The number of likely N-dealkylation sites (N-methyl/N-ethyl adjacent to an activating group) is 1. The lowest BCUT2D eigenvalue weighted by atomic mass is 9.88. The number of nitrogens with zero attached hydrogens (tertiary/aromatic N) is 7. The number of hydrogen-bond donors (Lipinski definition) is 0. The molecular formula is C32H39F2N7O2. The van der Waals surface area contributed by atoms with Crippen LogP contribution in [0.15, 0.2) is 30.6 Å². The molecule has 0 spiro atoms. The van der Waals surface area contributed by atoms with Gasteiger partial charge >= 0.3 is 6.01 Å². The van der Waals surface area contributed by atoms with Crippen molar-refractivity contribution in [3.05, 3.63) is 53.0 Å². The van der Waals surface area contributed by atoms with Crippen LogP contribution in [-0.2, 0) is 24.2 Å². The Hall–Kier alpha value is -3.78. The van der Waals surface area contributed by atoms with Gasteiger partial charge in [0.2, 0.25) is 0 Å². The predicted octanol–water partition coefficient (Wildman–Crippen LogP) is 4.27. The molecule has 43 heavy (non-hydrogen) atoms. The summed E-state index contributed by atoms with van der Waals surface area (Å²) in [5.41, 5.74) is 4.65. The zero-order valence-electron chi connectivity index (χ0n) is 24.8. The molecule has 1 aliphatic carbocycles. The molecule has 1 aromatic heterocycles. The highest BCUT2D eigenvalue weighted by molar-refractivity contribution is 5.91. The van der Waals surface area contributed by atoms with Gasteiger partial charge in [0.25, 0.3) is 5.91 Å². The first kappa shape index (κ1) is 29.3. The molecule has 2 saturated heterocycles. The summed E-state index contributed by atoms with van der Waals surface area (Å²) in [6.07, 6.45) is 4.22. The molecule has 1 amide bonds. The third-order valence-corrected chi connectivity index (χ3v) is 9.43. The number of amides is 1. The number of rotatable bonds is 7. The van der Waals surface area contributed by atoms with Crippen LogP contribution in [0.1, 0.15) is 60.7 Å². The van der Waals surface area contributed by atoms with Gasteiger partial charge in [0.15, 0.2) is 5.83 Å². The number of anilines is 2. The van der Waals surface area contributed by atoms with Crippen LogP contribution in [0.25, 0.3) is 0 Å². The first-order valence-electron chi connectivity index (χ1n) is 15.3. The van der Waals surface area contributed by atoms with E-state index in [4.69, 9.17) is 14.7 Å². The maximum Gasteiger partial charge on any atom is 0.318 e. The summed E-state index contributed by atoms with van der Waals surface area (Å²) >= 11 is 0. The van der Waals surface area contributed by atoms with Gasteiger partial charge in [-0.05, 0) is 63.7 Å². The standard InChI is InChI=1S/C32H39F2N7O2/c1-21(33)31(42)41-17-16-40(18-23(41)11-13-35)30-25-12-15-39(28-10-4-7-22-6-3-9-26(34)29(22)28)19-27(25)36-32(37-30)43-20-24-8-5-14-38(24)2/h4,7,10,23-24,26H,1,3,5-6,8-9,11-12,14-20H2,2H3/t23-,24+,26+/m0/s1. The van der Waals surface area contributed by atoms with E-state index in [-0.39, 0.29) is 13.0 Å². The van der Waals surface area contributed by atoms with Gasteiger partial charge in [0, 0.05) is 49.0 Å². The first-order valence-corrected chi connectivity index (χ1v) is 15.3. The normalized spacial score (nSPS) is 23.9. The number of carbonyl (C=O) groups is 1. The molecule has 0 bridgehead atoms. The van der Waals surface area contributed by atoms with Crippen molar-refractivity contribution in [3.8, 4) is 12.1 Å². The number of ether oxygens (including phenoxy) is 1. The molecule has 9 nitrogen and oxygen atoms in total. The van der Waals surface area contributed by atoms with Gasteiger partial charge in [-0.25, -0.2) is 8.78 Å². The van der Waals surface area contributed by atoms with Crippen LogP contribution in [-0.4, -0.2) is 84.1 Å². The Bertz CT molecular complexity index is 1430. The fourth-order valence-corrected chi connectivity index (χ4v) is 7.10. The zero-order valence-corrected chi connectivity index (χ0v) is 24.8. The number of fused-ring (bicyclic) bond motifs is 2. The maximum atomic E-state index is 15.2. The third kappa shape index (κ3) is 5.90. The molecule has 4 heterocycles. The summed E-state index contributed by atoms with van der Waals surface area (Å²) in [7, 11) is 2.10. The van der Waals surface area contributed by atoms with E-state index in [1.807, 2.05) is 18.2 Å². The largest absolute Gasteiger partial charge is 0.462 e. The Morgan fingerprint density at radius 2 is 1.98 bits per heavy atom. The molecule has 3 aliphatic heterocycles. The lowest BCUT2D eigenvalue weighted by Crippen LogP contribution is -2.55. The van der Waals surface area contributed by atoms with E-state index in [2.05, 4.69) is 34.4 Å². The van der Waals surface area contributed by atoms with Crippen molar-refractivity contribution in [2.75, 3.05) is 56.2 Å². The Morgan fingerprint density at radius 3 is 2.74 bits per heavy atom. The van der Waals surface area contributed by atoms with Crippen LogP contribution in [0, 0.1) is 11.3 Å². The second-order valence-corrected chi connectivity index (χ2v) is 12.1. The minimum atomic E-state index is -1.03. The van der Waals surface area contributed by atoms with E-state index in [0.29, 0.717) is 57.7 Å². The quantitative estimate of drug-likeness (QED) is 0.441. The molecule has 228 valence electrons. The molecule has 1 aromatic carbocycles. The van der Waals surface area contributed by atoms with Crippen molar-refractivity contribution in [3.63, 3.8) is 0 Å². The summed E-state index contributed by atoms with van der Waals surface area (Å²) in [5, 5.41) is 9.48. The van der Waals surface area contributed by atoms with Gasteiger partial charge in [-0.15, -0.1) is 0 Å². The minimum absolute atomic E-state index is 0.0669. The lowest BCUT2D eigenvalue weighted by Gasteiger charge is -2.42. The van der Waals surface area contributed by atoms with Crippen LogP contribution in [0.5, 0.6) is 6.01 Å². The number of alkyl halides is 1. The molecule has 4 aliphatic rings. The molecule has 0 saturated carbocycles. The number of nitriles is 1. The topological polar surface area (TPSA) is 88.8 Å². The smallest absolute Gasteiger partial charge is 0.318 e. The maximum absolute atomic E-state index is 15.2. The van der Waals surface area contributed by atoms with Crippen molar-refractivity contribution in [1.82, 2.24) is 19.8 Å². The Labute approximate surface area is 251 Å². The second kappa shape index (κ2) is 12.4. The van der Waals surface area contributed by atoms with Crippen LogP contribution in [0.4, 0.5) is 20.3 Å². The highest BCUT2D eigenvalue weighted by Crippen LogP contribution is 2.41. The summed E-state index contributed by atoms with van der Waals surface area (Å²) in [6, 6.07) is 8.29. The van der Waals surface area contributed by atoms with E-state index in [0.717, 1.165) is 66.1 Å². The third-order valence-electron chi connectivity index (χ3n) is 9.43. The fraction of sp³-hybridized carbons (Fsp3) is 0.562. The average molecular weight is 592 g/mol. The number of likely N-dealkylation sites (tertiary alicyclic amines) is 1. The Kier molecular flexibility index (Phi) is 8.48. The number of halogens is 2. The molecule has 0 radical (unpaired) electrons. The number of aryl methyl sites for hydroxylation is 1. The fourth-order valence-electron chi connectivity index (χ4n) is 7.10. The van der Waals surface area contributed by atoms with Crippen molar-refractivity contribution < 1.29 is 18.3 Å². The van der Waals surface area contributed by atoms with E-state index >= 15 is 4.39 Å². The molecule has 0 unspecified atom stereocenters. The summed E-state index contributed by atoms with van der Waals surface area (Å²) < 4.78 is 35.2. The van der Waals surface area contributed by atoms with Crippen LogP contribution >= 0.6 is 0 Å². The number of hydrogen-bond acceptors (Lipinski definition) is 8. The van der Waals surface area contributed by atoms with E-state index in [9.17, 15) is 14.4 Å². The van der Waals surface area contributed by atoms with E-state index in [1.54, 1.807) is 0 Å². The first-order chi connectivity index (χ1) is 20.8. The number of aromatic nitrogens is 2. The summed E-state index contributed by atoms with van der Waals surface area (Å²) in [4.78, 5) is 30.2. The van der Waals surface area contributed by atoms with Gasteiger partial charge < -0.3 is 24.3 Å². The van der Waals surface area contributed by atoms with E-state index < -0.39 is 23.9 Å². The molecule has 2 aromatic rings. The monoisotopic (exact) mass is 591 g/mol. The van der Waals surface area contributed by atoms with Crippen LogP contribution < -0.4 is 14.5 Å². The van der Waals surface area contributed by atoms with Gasteiger partial charge in [0.05, 0.1) is 30.8 Å². The lowest BCUT2D eigenvalue weighted by molar-refractivity contribution is -0.131. The van der Waals surface area contributed by atoms with Crippen molar-refractivity contribution >= 4 is 17.4 Å². The van der Waals surface area contributed by atoms with Crippen LogP contribution in [0.3, 0.4) is 0 Å². The molecule has 6 rings (SSSR count). The SMILES string of the molecule is C=C(F)C(=O)N1CCN(c2nc(OC[C@H]3CCCN3C)nc3c2CCN(c2cccc4c2[C@H](F)CCC4)C3)C[C@@H]1CC#N. The minimum Gasteiger partial charge on any atom is -0.462 e. The highest BCUT2D eigenvalue weighted by Gasteiger charge is 2.35. The van der Waals surface area contributed by atoms with Crippen LogP contribution in [0.2, 0.25) is 0 Å². The van der Waals surface area contributed by atoms with Gasteiger partial charge in [0.1, 0.15) is 18.6 Å². The number of benzene rings is 1. The molecular weight excluding hydrogens is 552 g/mol. The van der Waals surface area contributed by atoms with Crippen molar-refractivity contribution in [1.29, 1.82) is 5.26 Å². The van der Waals surface area contributed by atoms with Gasteiger partial charge in [-0.1, -0.05) is 18.7 Å². The second-order valence-electron chi connectivity index (χ2n) is 12.1. The van der Waals surface area contributed by atoms with Gasteiger partial charge in [-0.2, -0.15) is 15.2 Å². The number of piperazine rings is 1. The van der Waals surface area contributed by atoms with Crippen molar-refractivity contribution in [2.45, 2.75) is 69.7 Å².